The maximum atomic E-state index is 10.5. The van der Waals surface area contributed by atoms with E-state index in [-0.39, 0.29) is 31.0 Å². The molecule has 70 valence electrons. The van der Waals surface area contributed by atoms with Gasteiger partial charge < -0.3 is 16.1 Å². The molecule has 2 atom stereocenters. The molecule has 0 fully saturated rings. The summed E-state index contributed by atoms with van der Waals surface area (Å²) >= 11 is 0. The second kappa shape index (κ2) is 5.22. The number of hydrogen-bond acceptors (Lipinski definition) is 4. The zero-order valence-corrected chi connectivity index (χ0v) is 10.3. The SMILES string of the molecule is CC(P(=O)(O)O)P(=O)(O)OO.[H-].[Na+]. The molecule has 7 nitrogen and oxygen atoms in total. The van der Waals surface area contributed by atoms with Crippen molar-refractivity contribution in [3.05, 3.63) is 0 Å². The van der Waals surface area contributed by atoms with Crippen molar-refractivity contribution in [3.8, 4) is 0 Å². The molecule has 0 aliphatic carbocycles. The first-order valence-corrected chi connectivity index (χ1v) is 5.75. The summed E-state index contributed by atoms with van der Waals surface area (Å²) in [7, 11) is -9.29. The Bertz CT molecular complexity index is 227. The molecule has 0 aliphatic rings. The van der Waals surface area contributed by atoms with Gasteiger partial charge in [0.05, 0.1) is 0 Å². The van der Waals surface area contributed by atoms with E-state index in [0.717, 1.165) is 6.92 Å². The fourth-order valence-electron chi connectivity index (χ4n) is 0.258. The van der Waals surface area contributed by atoms with Gasteiger partial charge in [0.2, 0.25) is 0 Å². The fourth-order valence-corrected chi connectivity index (χ4v) is 2.04. The monoisotopic (exact) mass is 230 g/mol. The van der Waals surface area contributed by atoms with Crippen LogP contribution in [0.15, 0.2) is 0 Å². The van der Waals surface area contributed by atoms with E-state index in [0.29, 0.717) is 0 Å². The third-order valence-electron chi connectivity index (χ3n) is 1.08. The van der Waals surface area contributed by atoms with Crippen molar-refractivity contribution in [2.45, 2.75) is 12.3 Å². The quantitative estimate of drug-likeness (QED) is 0.180. The summed E-state index contributed by atoms with van der Waals surface area (Å²) < 4.78 is 23.9. The Kier molecular flexibility index (Phi) is 6.84. The average molecular weight is 230 g/mol. The van der Waals surface area contributed by atoms with E-state index in [1.54, 1.807) is 0 Å². The molecule has 2 unspecified atom stereocenters. The van der Waals surface area contributed by atoms with E-state index in [4.69, 9.17) is 19.9 Å². The second-order valence-corrected chi connectivity index (χ2v) is 6.29. The predicted octanol–water partition coefficient (Wildman–Crippen LogP) is -2.70. The van der Waals surface area contributed by atoms with Gasteiger partial charge in [-0.25, -0.2) is 5.26 Å². The molecule has 0 saturated carbocycles. The van der Waals surface area contributed by atoms with Crippen LogP contribution in [0.2, 0.25) is 0 Å². The van der Waals surface area contributed by atoms with E-state index in [1.807, 2.05) is 0 Å². The van der Waals surface area contributed by atoms with Crippen LogP contribution in [0.25, 0.3) is 0 Å². The Labute approximate surface area is 92.1 Å². The van der Waals surface area contributed by atoms with Gasteiger partial charge in [-0.3, -0.25) is 9.13 Å². The van der Waals surface area contributed by atoms with Crippen LogP contribution in [-0.2, 0) is 13.8 Å². The Morgan fingerprint density at radius 3 is 1.75 bits per heavy atom. The van der Waals surface area contributed by atoms with E-state index in [1.165, 1.54) is 0 Å². The molecule has 0 spiro atoms. The normalized spacial score (nSPS) is 19.1. The molecule has 12 heavy (non-hydrogen) atoms. The van der Waals surface area contributed by atoms with Crippen molar-refractivity contribution >= 4 is 15.2 Å². The Morgan fingerprint density at radius 1 is 1.33 bits per heavy atom. The molecular formula is C2H9NaO7P2. The summed E-state index contributed by atoms with van der Waals surface area (Å²) in [5.41, 5.74) is 0. The predicted molar refractivity (Wildman–Crippen MR) is 36.2 cm³/mol. The minimum absolute atomic E-state index is 0. The van der Waals surface area contributed by atoms with Crippen molar-refractivity contribution in [1.82, 2.24) is 0 Å². The van der Waals surface area contributed by atoms with Crippen LogP contribution in [0.5, 0.6) is 0 Å². The average Bonchev–Trinajstić information content (AvgIpc) is 1.84. The van der Waals surface area contributed by atoms with E-state index >= 15 is 0 Å². The van der Waals surface area contributed by atoms with Crippen molar-refractivity contribution in [3.63, 3.8) is 0 Å². The third kappa shape index (κ3) is 4.48. The van der Waals surface area contributed by atoms with Gasteiger partial charge in [-0.2, -0.15) is 4.67 Å². The minimum Gasteiger partial charge on any atom is -1.00 e. The van der Waals surface area contributed by atoms with Crippen LogP contribution in [-0.4, -0.2) is 25.3 Å². The number of rotatable bonds is 3. The molecular weight excluding hydrogens is 221 g/mol. The molecule has 0 aromatic heterocycles. The molecule has 0 rings (SSSR count). The Balaban J connectivity index is -0.000000500. The van der Waals surface area contributed by atoms with Crippen molar-refractivity contribution in [2.75, 3.05) is 0 Å². The molecule has 0 heterocycles. The smallest absolute Gasteiger partial charge is 1.00 e. The Hall–Kier alpha value is 1.26. The van der Waals surface area contributed by atoms with Gasteiger partial charge in [0, 0.05) is 0 Å². The van der Waals surface area contributed by atoms with Crippen molar-refractivity contribution < 1.29 is 64.7 Å². The van der Waals surface area contributed by atoms with Crippen molar-refractivity contribution in [1.29, 1.82) is 0 Å². The second-order valence-electron chi connectivity index (χ2n) is 1.87. The maximum absolute atomic E-state index is 10.5. The van der Waals surface area contributed by atoms with Crippen LogP contribution >= 0.6 is 15.2 Å². The first-order chi connectivity index (χ1) is 4.72. The minimum atomic E-state index is -4.69. The third-order valence-corrected chi connectivity index (χ3v) is 5.01. The van der Waals surface area contributed by atoms with E-state index in [9.17, 15) is 9.13 Å². The van der Waals surface area contributed by atoms with Crippen LogP contribution in [0.3, 0.4) is 0 Å². The molecule has 0 saturated heterocycles. The summed E-state index contributed by atoms with van der Waals surface area (Å²) in [4.78, 5) is 25.2. The molecule has 10 heteroatoms. The molecule has 4 N–H and O–H groups in total. The largest absolute Gasteiger partial charge is 1.00 e. The summed E-state index contributed by atoms with van der Waals surface area (Å²) in [5, 5.41) is 5.85. The van der Waals surface area contributed by atoms with Gasteiger partial charge in [0.25, 0.3) is 0 Å². The Morgan fingerprint density at radius 2 is 1.67 bits per heavy atom. The van der Waals surface area contributed by atoms with Gasteiger partial charge in [0.1, 0.15) is 0 Å². The first-order valence-electron chi connectivity index (χ1n) is 2.42. The maximum Gasteiger partial charge on any atom is 1.00 e. The van der Waals surface area contributed by atoms with Gasteiger partial charge in [-0.15, -0.1) is 0 Å². The van der Waals surface area contributed by atoms with Gasteiger partial charge in [-0.05, 0) is 6.92 Å². The first kappa shape index (κ1) is 15.7. The summed E-state index contributed by atoms with van der Waals surface area (Å²) in [6.45, 7) is 0.803. The van der Waals surface area contributed by atoms with Crippen molar-refractivity contribution in [2.24, 2.45) is 0 Å². The zero-order chi connectivity index (χ0) is 9.28. The van der Waals surface area contributed by atoms with Crippen LogP contribution in [0.4, 0.5) is 0 Å². The molecule has 0 aromatic rings. The molecule has 0 amide bonds. The van der Waals surface area contributed by atoms with Gasteiger partial charge in [-0.1, -0.05) is 0 Å². The fraction of sp³-hybridized carbons (Fsp3) is 1.00. The molecule has 0 bridgehead atoms. The standard InChI is InChI=1S/C2H8O7P2.Na.H/c1-2(10(4,5)6)11(7,8)9-3;;/h2-3H,1H3,(H,7,8)(H2,4,5,6);;/q;+1;-1. The number of hydrogen-bond donors (Lipinski definition) is 4. The zero-order valence-electron chi connectivity index (χ0n) is 7.49. The summed E-state index contributed by atoms with van der Waals surface area (Å²) in [6.07, 6.45) is 0. The molecule has 0 aliphatic heterocycles. The molecule has 0 aromatic carbocycles. The summed E-state index contributed by atoms with van der Waals surface area (Å²) in [5.74, 6) is 0. The van der Waals surface area contributed by atoms with E-state index in [2.05, 4.69) is 4.67 Å². The topological polar surface area (TPSA) is 124 Å². The summed E-state index contributed by atoms with van der Waals surface area (Å²) in [6, 6.07) is 0. The van der Waals surface area contributed by atoms with E-state index < -0.39 is 20.6 Å². The molecule has 0 radical (unpaired) electrons. The van der Waals surface area contributed by atoms with Gasteiger partial charge in [0.15, 0.2) is 5.40 Å². The van der Waals surface area contributed by atoms with Crippen LogP contribution in [0, 0.1) is 0 Å². The van der Waals surface area contributed by atoms with Crippen LogP contribution < -0.4 is 29.6 Å². The van der Waals surface area contributed by atoms with Gasteiger partial charge >= 0.3 is 44.7 Å². The van der Waals surface area contributed by atoms with Crippen LogP contribution in [0.1, 0.15) is 8.35 Å².